The van der Waals surface area contributed by atoms with Crippen LogP contribution < -0.4 is 10.0 Å². The molecule has 33 heavy (non-hydrogen) atoms. The SMILES string of the molecule is CCCS(=O)(=O)NC(C(=O)NC1C(=O)N2C(c3nn[nH]n3)C(C)(C)S[C@@H]12)c1ccc(O)cc1. The third-order valence-electron chi connectivity index (χ3n) is 5.60. The molecule has 4 N–H and O–H groups in total. The molecule has 0 saturated carbocycles. The Morgan fingerprint density at radius 3 is 2.64 bits per heavy atom. The first-order chi connectivity index (χ1) is 15.5. The molecule has 0 radical (unpaired) electrons. The molecule has 12 nitrogen and oxygen atoms in total. The number of β-lactam (4-membered cyclic amide) rings is 1. The fourth-order valence-corrected chi connectivity index (χ4v) is 7.02. The van der Waals surface area contributed by atoms with Gasteiger partial charge in [0.1, 0.15) is 29.2 Å². The molecule has 2 aliphatic heterocycles. The molecule has 0 bridgehead atoms. The molecular formula is C19H25N7O5S2. The summed E-state index contributed by atoms with van der Waals surface area (Å²) in [6, 6.07) is 3.16. The summed E-state index contributed by atoms with van der Waals surface area (Å²) < 4.78 is 26.8. The zero-order valence-corrected chi connectivity index (χ0v) is 19.9. The van der Waals surface area contributed by atoms with Crippen molar-refractivity contribution in [3.05, 3.63) is 35.7 Å². The molecular weight excluding hydrogens is 470 g/mol. The lowest BCUT2D eigenvalue weighted by atomic mass is 9.95. The highest BCUT2D eigenvalue weighted by Crippen LogP contribution is 2.56. The number of fused-ring (bicyclic) bond motifs is 1. The predicted octanol–water partition coefficient (Wildman–Crippen LogP) is 0.196. The summed E-state index contributed by atoms with van der Waals surface area (Å²) in [5.74, 6) is -0.732. The van der Waals surface area contributed by atoms with Crippen LogP contribution in [-0.4, -0.2) is 72.8 Å². The van der Waals surface area contributed by atoms with E-state index in [0.717, 1.165) is 0 Å². The number of nitrogens with one attached hydrogen (secondary N) is 3. The van der Waals surface area contributed by atoms with Crippen LogP contribution in [-0.2, 0) is 19.6 Å². The summed E-state index contributed by atoms with van der Waals surface area (Å²) in [6.45, 7) is 5.64. The van der Waals surface area contributed by atoms with Crippen molar-refractivity contribution in [2.75, 3.05) is 5.75 Å². The van der Waals surface area contributed by atoms with E-state index < -0.39 is 38.8 Å². The third kappa shape index (κ3) is 4.42. The van der Waals surface area contributed by atoms with Crippen LogP contribution >= 0.6 is 11.8 Å². The number of aromatic amines is 1. The van der Waals surface area contributed by atoms with E-state index in [9.17, 15) is 23.1 Å². The Hall–Kier alpha value is -2.71. The Morgan fingerprint density at radius 2 is 2.03 bits per heavy atom. The monoisotopic (exact) mass is 495 g/mol. The average molecular weight is 496 g/mol. The van der Waals surface area contributed by atoms with Crippen molar-refractivity contribution >= 4 is 33.6 Å². The molecule has 0 aliphatic carbocycles. The number of H-pyrrole nitrogens is 1. The summed E-state index contributed by atoms with van der Waals surface area (Å²) >= 11 is 1.51. The summed E-state index contributed by atoms with van der Waals surface area (Å²) in [6.07, 6.45) is 0.376. The van der Waals surface area contributed by atoms with Crippen LogP contribution in [0.2, 0.25) is 0 Å². The summed E-state index contributed by atoms with van der Waals surface area (Å²) in [5, 5.41) is 26.0. The van der Waals surface area contributed by atoms with Gasteiger partial charge in [0.15, 0.2) is 5.82 Å². The number of thioether (sulfide) groups is 1. The smallest absolute Gasteiger partial charge is 0.249 e. The van der Waals surface area contributed by atoms with Gasteiger partial charge in [-0.05, 0) is 38.0 Å². The number of phenols is 1. The Morgan fingerprint density at radius 1 is 1.33 bits per heavy atom. The highest BCUT2D eigenvalue weighted by molar-refractivity contribution is 8.01. The van der Waals surface area contributed by atoms with Crippen molar-refractivity contribution in [3.8, 4) is 5.75 Å². The van der Waals surface area contributed by atoms with E-state index in [1.54, 1.807) is 11.8 Å². The Balaban J connectivity index is 1.55. The highest BCUT2D eigenvalue weighted by atomic mass is 32.2. The molecule has 1 aromatic heterocycles. The molecule has 14 heteroatoms. The van der Waals surface area contributed by atoms with Crippen LogP contribution in [0.15, 0.2) is 24.3 Å². The number of amides is 2. The van der Waals surface area contributed by atoms with Crippen molar-refractivity contribution < 1.29 is 23.1 Å². The first-order valence-electron chi connectivity index (χ1n) is 10.4. The normalized spacial score (nSPS) is 24.8. The maximum atomic E-state index is 13.2. The minimum absolute atomic E-state index is 0.0174. The maximum absolute atomic E-state index is 13.2. The summed E-state index contributed by atoms with van der Waals surface area (Å²) in [7, 11) is -3.75. The van der Waals surface area contributed by atoms with Crippen LogP contribution in [0.1, 0.15) is 50.7 Å². The number of carbonyl (C=O) groups is 2. The van der Waals surface area contributed by atoms with Crippen LogP contribution in [0.3, 0.4) is 0 Å². The molecule has 2 fully saturated rings. The van der Waals surface area contributed by atoms with E-state index in [1.165, 1.54) is 36.0 Å². The molecule has 0 spiro atoms. The molecule has 2 amide bonds. The second-order valence-corrected chi connectivity index (χ2v) is 12.1. The topological polar surface area (TPSA) is 170 Å². The Kier molecular flexibility index (Phi) is 6.09. The van der Waals surface area contributed by atoms with Gasteiger partial charge in [0.2, 0.25) is 21.8 Å². The summed E-state index contributed by atoms with van der Waals surface area (Å²) in [5.41, 5.74) is 0.345. The van der Waals surface area contributed by atoms with Crippen molar-refractivity contribution in [2.45, 2.75) is 55.4 Å². The van der Waals surface area contributed by atoms with Gasteiger partial charge < -0.3 is 15.3 Å². The quantitative estimate of drug-likeness (QED) is 0.373. The molecule has 4 atom stereocenters. The second-order valence-electron chi connectivity index (χ2n) is 8.48. The lowest BCUT2D eigenvalue weighted by molar-refractivity contribution is -0.152. The van der Waals surface area contributed by atoms with Gasteiger partial charge >= 0.3 is 0 Å². The highest BCUT2D eigenvalue weighted by Gasteiger charge is 2.63. The van der Waals surface area contributed by atoms with Crippen LogP contribution in [0.4, 0.5) is 0 Å². The molecule has 2 aromatic rings. The molecule has 3 unspecified atom stereocenters. The average Bonchev–Trinajstić information content (AvgIpc) is 3.35. The molecule has 3 heterocycles. The standard InChI is InChI=1S/C19H25N7O5S2/c1-4-9-33(30,31)23-12(10-5-7-11(27)8-6-10)16(28)20-13-17(29)26-14(15-21-24-25-22-15)19(2,3)32-18(13)26/h5-8,12-14,18,23,27H,4,9H2,1-3H3,(H,20,28)(H,21,22,24,25)/t12?,13?,14?,18-/m0/s1. The number of aromatic hydroxyl groups is 1. The van der Waals surface area contributed by atoms with Crippen LogP contribution in [0.25, 0.3) is 0 Å². The molecule has 178 valence electrons. The predicted molar refractivity (Wildman–Crippen MR) is 119 cm³/mol. The van der Waals surface area contributed by atoms with Crippen LogP contribution in [0.5, 0.6) is 5.75 Å². The van der Waals surface area contributed by atoms with Gasteiger partial charge in [0, 0.05) is 4.75 Å². The minimum atomic E-state index is -3.75. The number of nitrogens with zero attached hydrogens (tertiary/aromatic N) is 4. The van der Waals surface area contributed by atoms with Crippen molar-refractivity contribution in [2.24, 2.45) is 0 Å². The van der Waals surface area contributed by atoms with Gasteiger partial charge in [-0.15, -0.1) is 22.0 Å². The Bertz CT molecular complexity index is 1140. The van der Waals surface area contributed by atoms with E-state index in [1.807, 2.05) is 13.8 Å². The number of tetrazole rings is 1. The lowest BCUT2D eigenvalue weighted by Gasteiger charge is -2.44. The molecule has 4 rings (SSSR count). The number of hydrogen-bond donors (Lipinski definition) is 4. The van der Waals surface area contributed by atoms with Gasteiger partial charge in [-0.1, -0.05) is 24.3 Å². The van der Waals surface area contributed by atoms with E-state index in [2.05, 4.69) is 30.7 Å². The fraction of sp³-hybridized carbons (Fsp3) is 0.526. The molecule has 2 aliphatic rings. The zero-order chi connectivity index (χ0) is 24.0. The van der Waals surface area contributed by atoms with Crippen molar-refractivity contribution in [1.82, 2.24) is 35.6 Å². The number of benzene rings is 1. The lowest BCUT2D eigenvalue weighted by Crippen LogP contribution is -2.68. The van der Waals surface area contributed by atoms with E-state index in [4.69, 9.17) is 0 Å². The first kappa shape index (κ1) is 23.4. The van der Waals surface area contributed by atoms with Gasteiger partial charge in [0.05, 0.1) is 5.75 Å². The number of hydrogen-bond acceptors (Lipinski definition) is 9. The summed E-state index contributed by atoms with van der Waals surface area (Å²) in [4.78, 5) is 27.8. The Labute approximate surface area is 194 Å². The first-order valence-corrected chi connectivity index (χ1v) is 12.9. The number of rotatable bonds is 8. The maximum Gasteiger partial charge on any atom is 0.249 e. The van der Waals surface area contributed by atoms with E-state index in [0.29, 0.717) is 17.8 Å². The number of aromatic nitrogens is 4. The number of phenolic OH excluding ortho intramolecular Hbond substituents is 1. The zero-order valence-electron chi connectivity index (χ0n) is 18.2. The largest absolute Gasteiger partial charge is 0.508 e. The van der Waals surface area contributed by atoms with E-state index >= 15 is 0 Å². The van der Waals surface area contributed by atoms with Crippen molar-refractivity contribution in [3.63, 3.8) is 0 Å². The van der Waals surface area contributed by atoms with Gasteiger partial charge in [-0.25, -0.2) is 8.42 Å². The third-order valence-corrected chi connectivity index (χ3v) is 8.72. The number of sulfonamides is 1. The number of carbonyl (C=O) groups excluding carboxylic acids is 2. The second kappa shape index (κ2) is 8.57. The molecule has 1 aromatic carbocycles. The molecule has 2 saturated heterocycles. The van der Waals surface area contributed by atoms with E-state index in [-0.39, 0.29) is 22.8 Å². The van der Waals surface area contributed by atoms with Crippen molar-refractivity contribution in [1.29, 1.82) is 0 Å². The van der Waals surface area contributed by atoms with Gasteiger partial charge in [-0.2, -0.15) is 9.94 Å². The fourth-order valence-electron chi connectivity index (χ4n) is 4.13. The van der Waals surface area contributed by atoms with Gasteiger partial charge in [0.25, 0.3) is 0 Å². The minimum Gasteiger partial charge on any atom is -0.508 e. The van der Waals surface area contributed by atoms with Gasteiger partial charge in [-0.3, -0.25) is 9.59 Å². The van der Waals surface area contributed by atoms with Crippen LogP contribution in [0, 0.1) is 0 Å².